The molecule has 0 spiro atoms. The summed E-state index contributed by atoms with van der Waals surface area (Å²) in [6.45, 7) is 0.950. The molecular weight excluding hydrogens is 190 g/mol. The predicted octanol–water partition coefficient (Wildman–Crippen LogP) is 2.20. The molecule has 1 heterocycles. The number of rotatable bonds is 4. The van der Waals surface area contributed by atoms with Crippen LogP contribution in [0.2, 0.25) is 0 Å². The number of fused-ring (bicyclic) bond motifs is 1. The van der Waals surface area contributed by atoms with E-state index in [4.69, 9.17) is 9.15 Å². The van der Waals surface area contributed by atoms with Crippen LogP contribution in [0.4, 0.5) is 0 Å². The van der Waals surface area contributed by atoms with Gasteiger partial charge in [0.15, 0.2) is 11.3 Å². The predicted molar refractivity (Wildman–Crippen MR) is 60.4 cm³/mol. The Bertz CT molecular complexity index is 448. The van der Waals surface area contributed by atoms with Crippen LogP contribution in [0, 0.1) is 0 Å². The van der Waals surface area contributed by atoms with Gasteiger partial charge in [0.05, 0.1) is 13.4 Å². The summed E-state index contributed by atoms with van der Waals surface area (Å²) in [7, 11) is 3.60. The molecule has 0 aliphatic carbocycles. The molecule has 0 aliphatic heterocycles. The first-order chi connectivity index (χ1) is 7.36. The van der Waals surface area contributed by atoms with Gasteiger partial charge >= 0.3 is 0 Å². The van der Waals surface area contributed by atoms with E-state index in [0.717, 1.165) is 29.7 Å². The Labute approximate surface area is 89.0 Å². The second-order valence-corrected chi connectivity index (χ2v) is 3.45. The molecule has 3 heteroatoms. The van der Waals surface area contributed by atoms with Crippen LogP contribution in [0.1, 0.15) is 5.56 Å². The van der Waals surface area contributed by atoms with Crippen molar-refractivity contribution >= 4 is 11.0 Å². The van der Waals surface area contributed by atoms with Crippen molar-refractivity contribution in [3.05, 3.63) is 30.0 Å². The number of likely N-dealkylation sites (N-methyl/N-ethyl adjacent to an activating group) is 1. The topological polar surface area (TPSA) is 34.4 Å². The maximum absolute atomic E-state index is 5.52. The fourth-order valence-electron chi connectivity index (χ4n) is 1.70. The minimum absolute atomic E-state index is 0.795. The average Bonchev–Trinajstić information content (AvgIpc) is 2.69. The molecule has 0 unspecified atom stereocenters. The van der Waals surface area contributed by atoms with Crippen molar-refractivity contribution in [1.82, 2.24) is 5.32 Å². The Morgan fingerprint density at radius 2 is 2.27 bits per heavy atom. The molecule has 80 valence electrons. The van der Waals surface area contributed by atoms with E-state index in [9.17, 15) is 0 Å². The summed E-state index contributed by atoms with van der Waals surface area (Å²) in [6.07, 6.45) is 2.78. The van der Waals surface area contributed by atoms with Crippen LogP contribution in [0.25, 0.3) is 11.0 Å². The molecule has 0 amide bonds. The van der Waals surface area contributed by atoms with Crippen molar-refractivity contribution in [2.75, 3.05) is 20.7 Å². The molecule has 2 aromatic rings. The van der Waals surface area contributed by atoms with Crippen LogP contribution >= 0.6 is 0 Å². The first-order valence-electron chi connectivity index (χ1n) is 5.04. The lowest BCUT2D eigenvalue weighted by Gasteiger charge is -2.00. The number of hydrogen-bond acceptors (Lipinski definition) is 3. The first-order valence-corrected chi connectivity index (χ1v) is 5.04. The van der Waals surface area contributed by atoms with E-state index in [1.165, 1.54) is 5.56 Å². The quantitative estimate of drug-likeness (QED) is 0.831. The molecule has 1 aromatic heterocycles. The standard InChI is InChI=1S/C12H15NO2/c1-13-7-6-9-8-15-12-10(9)4-3-5-11(12)14-2/h3-5,8,13H,6-7H2,1-2H3. The lowest BCUT2D eigenvalue weighted by atomic mass is 10.1. The summed E-state index contributed by atoms with van der Waals surface area (Å²) >= 11 is 0. The van der Waals surface area contributed by atoms with Crippen molar-refractivity contribution in [1.29, 1.82) is 0 Å². The zero-order valence-electron chi connectivity index (χ0n) is 9.04. The second kappa shape index (κ2) is 4.36. The Morgan fingerprint density at radius 3 is 3.00 bits per heavy atom. The van der Waals surface area contributed by atoms with Crippen molar-refractivity contribution in [2.45, 2.75) is 6.42 Å². The van der Waals surface area contributed by atoms with Crippen molar-refractivity contribution in [3.8, 4) is 5.75 Å². The number of benzene rings is 1. The lowest BCUT2D eigenvalue weighted by molar-refractivity contribution is 0.410. The summed E-state index contributed by atoms with van der Waals surface area (Å²) in [6, 6.07) is 5.96. The van der Waals surface area contributed by atoms with E-state index in [1.54, 1.807) is 7.11 Å². The number of furan rings is 1. The van der Waals surface area contributed by atoms with Gasteiger partial charge in [0.1, 0.15) is 0 Å². The molecule has 0 fully saturated rings. The highest BCUT2D eigenvalue weighted by atomic mass is 16.5. The smallest absolute Gasteiger partial charge is 0.175 e. The Kier molecular flexibility index (Phi) is 2.92. The maximum Gasteiger partial charge on any atom is 0.175 e. The Balaban J connectivity index is 2.42. The number of hydrogen-bond donors (Lipinski definition) is 1. The van der Waals surface area contributed by atoms with Crippen LogP contribution in [0.5, 0.6) is 5.75 Å². The van der Waals surface area contributed by atoms with Crippen LogP contribution in [-0.4, -0.2) is 20.7 Å². The van der Waals surface area contributed by atoms with Crippen molar-refractivity contribution in [3.63, 3.8) is 0 Å². The van der Waals surface area contributed by atoms with Crippen LogP contribution in [-0.2, 0) is 6.42 Å². The summed E-state index contributed by atoms with van der Waals surface area (Å²) < 4.78 is 10.8. The second-order valence-electron chi connectivity index (χ2n) is 3.45. The zero-order valence-corrected chi connectivity index (χ0v) is 9.04. The van der Waals surface area contributed by atoms with E-state index >= 15 is 0 Å². The molecule has 3 nitrogen and oxygen atoms in total. The van der Waals surface area contributed by atoms with Gasteiger partial charge in [-0.25, -0.2) is 0 Å². The normalized spacial score (nSPS) is 10.8. The van der Waals surface area contributed by atoms with Gasteiger partial charge in [0.2, 0.25) is 0 Å². The van der Waals surface area contributed by atoms with Gasteiger partial charge in [-0.15, -0.1) is 0 Å². The van der Waals surface area contributed by atoms with Crippen LogP contribution in [0.15, 0.2) is 28.9 Å². The van der Waals surface area contributed by atoms with Gasteiger partial charge in [-0.05, 0) is 31.6 Å². The SMILES string of the molecule is CNCCc1coc2c(OC)cccc12. The van der Waals surface area contributed by atoms with Crippen LogP contribution in [0.3, 0.4) is 0 Å². The van der Waals surface area contributed by atoms with E-state index in [2.05, 4.69) is 11.4 Å². The number of para-hydroxylation sites is 1. The molecule has 0 saturated heterocycles. The molecular formula is C12H15NO2. The highest BCUT2D eigenvalue weighted by Gasteiger charge is 2.09. The third kappa shape index (κ3) is 1.83. The first kappa shape index (κ1) is 10.1. The molecule has 0 radical (unpaired) electrons. The largest absolute Gasteiger partial charge is 0.493 e. The van der Waals surface area contributed by atoms with E-state index < -0.39 is 0 Å². The summed E-state index contributed by atoms with van der Waals surface area (Å²) in [4.78, 5) is 0. The number of ether oxygens (including phenoxy) is 1. The molecule has 0 saturated carbocycles. The molecule has 0 bridgehead atoms. The fourth-order valence-corrected chi connectivity index (χ4v) is 1.70. The Hall–Kier alpha value is -1.48. The number of nitrogens with one attached hydrogen (secondary N) is 1. The van der Waals surface area contributed by atoms with E-state index in [0.29, 0.717) is 0 Å². The summed E-state index contributed by atoms with van der Waals surface area (Å²) in [5.74, 6) is 0.795. The summed E-state index contributed by atoms with van der Waals surface area (Å²) in [5, 5.41) is 4.27. The average molecular weight is 205 g/mol. The Morgan fingerprint density at radius 1 is 1.40 bits per heavy atom. The molecule has 0 atom stereocenters. The maximum atomic E-state index is 5.52. The van der Waals surface area contributed by atoms with Crippen molar-refractivity contribution < 1.29 is 9.15 Å². The van der Waals surface area contributed by atoms with Gasteiger partial charge < -0.3 is 14.5 Å². The third-order valence-corrected chi connectivity index (χ3v) is 2.51. The summed E-state index contributed by atoms with van der Waals surface area (Å²) in [5.41, 5.74) is 2.06. The molecule has 0 aliphatic rings. The van der Waals surface area contributed by atoms with Crippen molar-refractivity contribution in [2.24, 2.45) is 0 Å². The fraction of sp³-hybridized carbons (Fsp3) is 0.333. The molecule has 15 heavy (non-hydrogen) atoms. The van der Waals surface area contributed by atoms with Gasteiger partial charge in [0, 0.05) is 5.39 Å². The highest BCUT2D eigenvalue weighted by Crippen LogP contribution is 2.29. The zero-order chi connectivity index (χ0) is 10.7. The molecule has 1 N–H and O–H groups in total. The lowest BCUT2D eigenvalue weighted by Crippen LogP contribution is -2.09. The van der Waals surface area contributed by atoms with Gasteiger partial charge in [-0.2, -0.15) is 0 Å². The minimum atomic E-state index is 0.795. The van der Waals surface area contributed by atoms with E-state index in [1.807, 2.05) is 25.4 Å². The van der Waals surface area contributed by atoms with E-state index in [-0.39, 0.29) is 0 Å². The van der Waals surface area contributed by atoms with Gasteiger partial charge in [0.25, 0.3) is 0 Å². The van der Waals surface area contributed by atoms with Crippen LogP contribution < -0.4 is 10.1 Å². The number of methoxy groups -OCH3 is 1. The van der Waals surface area contributed by atoms with Gasteiger partial charge in [-0.1, -0.05) is 12.1 Å². The minimum Gasteiger partial charge on any atom is -0.493 e. The molecule has 2 rings (SSSR count). The third-order valence-electron chi connectivity index (χ3n) is 2.51. The van der Waals surface area contributed by atoms with Gasteiger partial charge in [-0.3, -0.25) is 0 Å². The monoisotopic (exact) mass is 205 g/mol. The molecule has 1 aromatic carbocycles. The highest BCUT2D eigenvalue weighted by molar-refractivity contribution is 5.86.